The van der Waals surface area contributed by atoms with E-state index in [2.05, 4.69) is 20.9 Å². The molecule has 5 N–H and O–H groups in total. The van der Waals surface area contributed by atoms with Crippen LogP contribution in [-0.2, 0) is 32.1 Å². The van der Waals surface area contributed by atoms with Crippen LogP contribution in [-0.4, -0.2) is 52.6 Å². The normalized spacial score (nSPS) is 24.2. The molecule has 2 atom stereocenters. The maximum atomic E-state index is 14.0. The summed E-state index contributed by atoms with van der Waals surface area (Å²) in [6.07, 6.45) is 8.96. The van der Waals surface area contributed by atoms with Crippen LogP contribution >= 0.6 is 0 Å². The van der Waals surface area contributed by atoms with Gasteiger partial charge in [0.15, 0.2) is 0 Å². The van der Waals surface area contributed by atoms with Crippen LogP contribution in [0.3, 0.4) is 0 Å². The minimum atomic E-state index is -1.14. The van der Waals surface area contributed by atoms with Crippen LogP contribution in [0.5, 0.6) is 0 Å². The second kappa shape index (κ2) is 14.0. The van der Waals surface area contributed by atoms with Gasteiger partial charge in [0.05, 0.1) is 0 Å². The van der Waals surface area contributed by atoms with Crippen molar-refractivity contribution in [3.8, 4) is 0 Å². The summed E-state index contributed by atoms with van der Waals surface area (Å²) >= 11 is 0. The first-order valence-corrected chi connectivity index (χ1v) is 16.6. The van der Waals surface area contributed by atoms with E-state index in [-0.39, 0.29) is 25.4 Å². The van der Waals surface area contributed by atoms with Crippen molar-refractivity contribution in [3.63, 3.8) is 0 Å². The minimum Gasteiger partial charge on any atom is -0.480 e. The van der Waals surface area contributed by atoms with Crippen molar-refractivity contribution in [2.75, 3.05) is 6.54 Å². The number of carboxylic acids is 1. The molecule has 4 fully saturated rings. The Morgan fingerprint density at radius 2 is 1.54 bits per heavy atom. The van der Waals surface area contributed by atoms with E-state index in [9.17, 15) is 24.3 Å². The third-order valence-corrected chi connectivity index (χ3v) is 10.3. The van der Waals surface area contributed by atoms with Gasteiger partial charge in [-0.05, 0) is 92.7 Å². The Morgan fingerprint density at radius 3 is 2.24 bits per heavy atom. The fraction of sp³-hybridized carbons (Fsp3) is 0.500. The molecule has 4 aliphatic carbocycles. The number of H-pyrrole nitrogens is 1. The molecule has 4 bridgehead atoms. The number of unbranched alkanes of at least 4 members (excludes halogenated alkanes) is 1. The van der Waals surface area contributed by atoms with Gasteiger partial charge in [-0.1, -0.05) is 48.5 Å². The number of hydrogen-bond donors (Lipinski definition) is 5. The molecule has 1 aromatic heterocycles. The lowest BCUT2D eigenvalue weighted by atomic mass is 9.49. The van der Waals surface area contributed by atoms with E-state index in [0.717, 1.165) is 41.3 Å². The molecule has 3 amide bonds. The molecular weight excluding hydrogens is 584 g/mol. The number of hydrogen-bond acceptors (Lipinski definition) is 5. The van der Waals surface area contributed by atoms with E-state index in [0.29, 0.717) is 37.1 Å². The number of alkyl carbamates (subject to hydrolysis) is 1. The number of ether oxygens (including phenoxy) is 1. The first kappa shape index (κ1) is 31.6. The van der Waals surface area contributed by atoms with Crippen molar-refractivity contribution in [1.82, 2.24) is 20.9 Å². The van der Waals surface area contributed by atoms with E-state index in [1.54, 1.807) is 0 Å². The predicted octanol–water partition coefficient (Wildman–Crippen LogP) is 5.08. The van der Waals surface area contributed by atoms with E-state index in [4.69, 9.17) is 4.74 Å². The Kier molecular flexibility index (Phi) is 9.61. The van der Waals surface area contributed by atoms with Crippen molar-refractivity contribution < 1.29 is 29.0 Å². The lowest BCUT2D eigenvalue weighted by Crippen LogP contribution is -2.58. The zero-order valence-electron chi connectivity index (χ0n) is 26.1. The topological polar surface area (TPSA) is 150 Å². The van der Waals surface area contributed by atoms with Crippen LogP contribution in [0.25, 0.3) is 10.9 Å². The van der Waals surface area contributed by atoms with Gasteiger partial charge in [0, 0.05) is 35.5 Å². The Balaban J connectivity index is 1.06. The van der Waals surface area contributed by atoms with E-state index < -0.39 is 35.5 Å². The molecule has 244 valence electrons. The Morgan fingerprint density at radius 1 is 0.870 bits per heavy atom. The summed E-state index contributed by atoms with van der Waals surface area (Å²) in [5.41, 5.74) is 2.27. The number of fused-ring (bicyclic) bond motifs is 1. The monoisotopic (exact) mass is 628 g/mol. The zero-order valence-corrected chi connectivity index (χ0v) is 26.1. The molecule has 1 heterocycles. The number of aromatic amines is 1. The van der Waals surface area contributed by atoms with Crippen LogP contribution < -0.4 is 16.0 Å². The Hall–Kier alpha value is -4.34. The maximum absolute atomic E-state index is 14.0. The van der Waals surface area contributed by atoms with Gasteiger partial charge in [-0.25, -0.2) is 9.59 Å². The summed E-state index contributed by atoms with van der Waals surface area (Å²) in [6.45, 7) is 0.483. The molecule has 10 heteroatoms. The summed E-state index contributed by atoms with van der Waals surface area (Å²) in [5.74, 6) is 0.0300. The molecule has 10 nitrogen and oxygen atoms in total. The van der Waals surface area contributed by atoms with Crippen molar-refractivity contribution in [3.05, 3.63) is 71.9 Å². The van der Waals surface area contributed by atoms with Gasteiger partial charge >= 0.3 is 12.1 Å². The fourth-order valence-corrected chi connectivity index (χ4v) is 8.40. The summed E-state index contributed by atoms with van der Waals surface area (Å²) in [6, 6.07) is 15.1. The minimum absolute atomic E-state index is 0.0660. The standard InChI is InChI=1S/C36H44N4O6/c41-32(39-30(33(42)43)12-6-7-13-37-35(45)46-22-23-8-2-1-3-9-23)31(17-27-21-38-29-11-5-4-10-28(27)29)40-34(44)36-18-24-14-25(19-36)16-26(15-24)20-36/h1-5,8-11,21,24-26,30-31,38H,6-7,12-20,22H2,(H,37,45)(H,39,41)(H,40,44)(H,42,43)/t24?,25?,26?,30-,31-,36?/m1/s1. The van der Waals surface area contributed by atoms with Crippen molar-refractivity contribution in [2.45, 2.75) is 82.9 Å². The van der Waals surface area contributed by atoms with Crippen molar-refractivity contribution in [1.29, 1.82) is 0 Å². The SMILES string of the molecule is O=C(NCCCC[C@@H](NC(=O)[C@@H](Cc1c[nH]c2ccccc12)NC(=O)C12CC3CC(CC(C3)C1)C2)C(=O)O)OCc1ccccc1. The van der Waals surface area contributed by atoms with Crippen molar-refractivity contribution >= 4 is 34.8 Å². The lowest BCUT2D eigenvalue weighted by molar-refractivity contribution is -0.149. The number of rotatable bonds is 14. The molecule has 0 aliphatic heterocycles. The smallest absolute Gasteiger partial charge is 0.407 e. The molecule has 7 rings (SSSR count). The number of benzene rings is 2. The predicted molar refractivity (Wildman–Crippen MR) is 173 cm³/mol. The molecule has 0 unspecified atom stereocenters. The number of nitrogens with one attached hydrogen (secondary N) is 4. The Labute approximate surface area is 269 Å². The quantitative estimate of drug-likeness (QED) is 0.157. The van der Waals surface area contributed by atoms with Crippen LogP contribution in [0.1, 0.15) is 68.9 Å². The molecular formula is C36H44N4O6. The molecule has 4 aliphatic rings. The highest BCUT2D eigenvalue weighted by Gasteiger charge is 2.55. The number of aliphatic carboxylic acids is 1. The van der Waals surface area contributed by atoms with Gasteiger partial charge in [-0.3, -0.25) is 9.59 Å². The third-order valence-electron chi connectivity index (χ3n) is 10.3. The van der Waals surface area contributed by atoms with Gasteiger partial charge in [0.25, 0.3) is 0 Å². The van der Waals surface area contributed by atoms with Gasteiger partial charge < -0.3 is 30.8 Å². The molecule has 2 aromatic carbocycles. The number of amides is 3. The number of para-hydroxylation sites is 1. The zero-order chi connectivity index (χ0) is 32.1. The summed E-state index contributed by atoms with van der Waals surface area (Å²) in [7, 11) is 0. The van der Waals surface area contributed by atoms with Gasteiger partial charge in [0.1, 0.15) is 18.7 Å². The molecule has 0 spiro atoms. The summed E-state index contributed by atoms with van der Waals surface area (Å²) in [4.78, 5) is 55.2. The highest BCUT2D eigenvalue weighted by atomic mass is 16.5. The first-order valence-electron chi connectivity index (χ1n) is 16.6. The van der Waals surface area contributed by atoms with Crippen LogP contribution in [0.2, 0.25) is 0 Å². The lowest BCUT2D eigenvalue weighted by Gasteiger charge is -2.55. The average molecular weight is 629 g/mol. The number of carboxylic acid groups (broad SMARTS) is 1. The van der Waals surface area contributed by atoms with Crippen LogP contribution in [0, 0.1) is 23.2 Å². The van der Waals surface area contributed by atoms with E-state index in [1.165, 1.54) is 19.3 Å². The second-order valence-corrected chi connectivity index (χ2v) is 13.7. The molecule has 3 aromatic rings. The van der Waals surface area contributed by atoms with Gasteiger partial charge in [0.2, 0.25) is 11.8 Å². The third kappa shape index (κ3) is 7.37. The van der Waals surface area contributed by atoms with Gasteiger partial charge in [-0.15, -0.1) is 0 Å². The van der Waals surface area contributed by atoms with E-state index in [1.807, 2.05) is 60.8 Å². The largest absolute Gasteiger partial charge is 0.480 e. The van der Waals surface area contributed by atoms with Gasteiger partial charge in [-0.2, -0.15) is 0 Å². The second-order valence-electron chi connectivity index (χ2n) is 13.7. The summed E-state index contributed by atoms with van der Waals surface area (Å²) in [5, 5.41) is 19.4. The Bertz CT molecular complexity index is 1520. The molecule has 0 radical (unpaired) electrons. The maximum Gasteiger partial charge on any atom is 0.407 e. The number of carbonyl (C=O) groups excluding carboxylic acids is 3. The summed E-state index contributed by atoms with van der Waals surface area (Å²) < 4.78 is 5.21. The van der Waals surface area contributed by atoms with Crippen LogP contribution in [0.4, 0.5) is 4.79 Å². The highest BCUT2D eigenvalue weighted by molar-refractivity contribution is 5.93. The fourth-order valence-electron chi connectivity index (χ4n) is 8.40. The van der Waals surface area contributed by atoms with Crippen molar-refractivity contribution in [2.24, 2.45) is 23.2 Å². The van der Waals surface area contributed by atoms with E-state index >= 15 is 0 Å². The molecule has 4 saturated carbocycles. The average Bonchev–Trinajstić information content (AvgIpc) is 3.45. The number of carbonyl (C=O) groups is 4. The highest BCUT2D eigenvalue weighted by Crippen LogP contribution is 2.60. The molecule has 0 saturated heterocycles. The first-order chi connectivity index (χ1) is 22.3. The number of aromatic nitrogens is 1. The molecule has 46 heavy (non-hydrogen) atoms. The van der Waals surface area contributed by atoms with Crippen LogP contribution in [0.15, 0.2) is 60.8 Å².